The lowest BCUT2D eigenvalue weighted by Gasteiger charge is -2.41. The maximum Gasteiger partial charge on any atom is 0.352 e. The van der Waals surface area contributed by atoms with Gasteiger partial charge in [-0.1, -0.05) is 18.2 Å². The van der Waals surface area contributed by atoms with Crippen LogP contribution in [0.15, 0.2) is 30.3 Å². The first-order valence-corrected chi connectivity index (χ1v) is 7.79. The molecule has 1 heterocycles. The first-order valence-electron chi connectivity index (χ1n) is 7.79. The van der Waals surface area contributed by atoms with Crippen molar-refractivity contribution in [1.82, 2.24) is 9.78 Å². The predicted molar refractivity (Wildman–Crippen MR) is 85.4 cm³/mol. The van der Waals surface area contributed by atoms with E-state index in [2.05, 4.69) is 10.4 Å². The third-order valence-electron chi connectivity index (χ3n) is 4.58. The van der Waals surface area contributed by atoms with Gasteiger partial charge in [0.2, 0.25) is 0 Å². The Morgan fingerprint density at radius 1 is 1.29 bits per heavy atom. The highest BCUT2D eigenvalue weighted by molar-refractivity contribution is 5.98. The van der Waals surface area contributed by atoms with Gasteiger partial charge < -0.3 is 10.4 Å². The summed E-state index contributed by atoms with van der Waals surface area (Å²) in [4.78, 5) is 12.1. The highest BCUT2D eigenvalue weighted by Gasteiger charge is 2.61. The second kappa shape index (κ2) is 5.66. The molecule has 1 aromatic carbocycles. The van der Waals surface area contributed by atoms with Crippen LogP contribution < -0.4 is 5.32 Å². The SMILES string of the molecule is Cc1nn(-c2ccccc2)c(C)c1NC(=O)C(F)(F)C1(O)CCC1. The first-order chi connectivity index (χ1) is 11.3. The van der Waals surface area contributed by atoms with Crippen LogP contribution in [0.2, 0.25) is 0 Å². The zero-order chi connectivity index (χ0) is 17.5. The normalized spacial score (nSPS) is 16.5. The van der Waals surface area contributed by atoms with Crippen molar-refractivity contribution in [3.8, 4) is 5.69 Å². The van der Waals surface area contributed by atoms with E-state index in [9.17, 15) is 18.7 Å². The van der Waals surface area contributed by atoms with Crippen LogP contribution >= 0.6 is 0 Å². The van der Waals surface area contributed by atoms with E-state index in [0.717, 1.165) is 5.69 Å². The van der Waals surface area contributed by atoms with Gasteiger partial charge in [-0.05, 0) is 45.2 Å². The van der Waals surface area contributed by atoms with Crippen molar-refractivity contribution in [2.75, 3.05) is 5.32 Å². The summed E-state index contributed by atoms with van der Waals surface area (Å²) in [6.45, 7) is 3.33. The summed E-state index contributed by atoms with van der Waals surface area (Å²) < 4.78 is 30.1. The van der Waals surface area contributed by atoms with E-state index in [1.165, 1.54) is 0 Å². The molecule has 1 fully saturated rings. The van der Waals surface area contributed by atoms with Gasteiger partial charge in [-0.25, -0.2) is 4.68 Å². The predicted octanol–water partition coefficient (Wildman–Crippen LogP) is 2.98. The number of rotatable bonds is 4. The van der Waals surface area contributed by atoms with Crippen molar-refractivity contribution in [1.29, 1.82) is 0 Å². The number of aromatic nitrogens is 2. The van der Waals surface area contributed by atoms with E-state index in [0.29, 0.717) is 17.8 Å². The number of halogens is 2. The van der Waals surface area contributed by atoms with E-state index in [-0.39, 0.29) is 18.5 Å². The van der Waals surface area contributed by atoms with Gasteiger partial charge in [-0.3, -0.25) is 4.79 Å². The molecule has 24 heavy (non-hydrogen) atoms. The van der Waals surface area contributed by atoms with E-state index in [4.69, 9.17) is 0 Å². The molecule has 1 aliphatic carbocycles. The van der Waals surface area contributed by atoms with Crippen molar-refractivity contribution >= 4 is 11.6 Å². The molecule has 0 bridgehead atoms. The highest BCUT2D eigenvalue weighted by atomic mass is 19.3. The molecule has 0 spiro atoms. The summed E-state index contributed by atoms with van der Waals surface area (Å²) in [6, 6.07) is 9.19. The Morgan fingerprint density at radius 3 is 2.46 bits per heavy atom. The Labute approximate surface area is 138 Å². The molecule has 0 saturated heterocycles. The summed E-state index contributed by atoms with van der Waals surface area (Å²) >= 11 is 0. The van der Waals surface area contributed by atoms with Crippen LogP contribution in [0.3, 0.4) is 0 Å². The molecule has 2 N–H and O–H groups in total. The number of nitrogens with one attached hydrogen (secondary N) is 1. The third kappa shape index (κ3) is 2.49. The molecule has 128 valence electrons. The number of para-hydroxylation sites is 1. The van der Waals surface area contributed by atoms with Crippen molar-refractivity contribution in [3.05, 3.63) is 41.7 Å². The molecule has 5 nitrogen and oxygen atoms in total. The average Bonchev–Trinajstić information content (AvgIpc) is 2.81. The van der Waals surface area contributed by atoms with Crippen LogP contribution in [0, 0.1) is 13.8 Å². The molecule has 3 rings (SSSR count). The van der Waals surface area contributed by atoms with Gasteiger partial charge in [0.1, 0.15) is 5.60 Å². The van der Waals surface area contributed by atoms with Gasteiger partial charge >= 0.3 is 5.92 Å². The number of hydrogen-bond donors (Lipinski definition) is 2. The molecule has 0 atom stereocenters. The minimum atomic E-state index is -3.83. The lowest BCUT2D eigenvalue weighted by atomic mass is 9.75. The van der Waals surface area contributed by atoms with Gasteiger partial charge in [-0.15, -0.1) is 0 Å². The maximum atomic E-state index is 14.2. The molecule has 0 unspecified atom stereocenters. The Morgan fingerprint density at radius 2 is 1.92 bits per heavy atom. The van der Waals surface area contributed by atoms with Crippen molar-refractivity contribution in [2.24, 2.45) is 0 Å². The number of alkyl halides is 2. The molecule has 1 aliphatic rings. The van der Waals surface area contributed by atoms with Crippen molar-refractivity contribution in [2.45, 2.75) is 44.6 Å². The number of amides is 1. The van der Waals surface area contributed by atoms with Crippen molar-refractivity contribution < 1.29 is 18.7 Å². The van der Waals surface area contributed by atoms with Crippen molar-refractivity contribution in [3.63, 3.8) is 0 Å². The second-order valence-corrected chi connectivity index (χ2v) is 6.21. The molecule has 1 aromatic heterocycles. The number of carbonyl (C=O) groups is 1. The number of aryl methyl sites for hydroxylation is 1. The fourth-order valence-electron chi connectivity index (χ4n) is 2.87. The second-order valence-electron chi connectivity index (χ2n) is 6.21. The molecule has 1 amide bonds. The number of hydrogen-bond acceptors (Lipinski definition) is 3. The topological polar surface area (TPSA) is 67.2 Å². The fourth-order valence-corrected chi connectivity index (χ4v) is 2.87. The lowest BCUT2D eigenvalue weighted by molar-refractivity contribution is -0.212. The zero-order valence-electron chi connectivity index (χ0n) is 13.5. The van der Waals surface area contributed by atoms with E-state index in [1.54, 1.807) is 18.5 Å². The smallest absolute Gasteiger partial charge is 0.352 e. The number of benzene rings is 1. The number of nitrogens with zero attached hydrogens (tertiary/aromatic N) is 2. The van der Waals surface area contributed by atoms with E-state index < -0.39 is 17.4 Å². The molecule has 2 aromatic rings. The number of carbonyl (C=O) groups excluding carboxylic acids is 1. The maximum absolute atomic E-state index is 14.2. The van der Waals surface area contributed by atoms with Crippen LogP contribution in [0.1, 0.15) is 30.7 Å². The number of anilines is 1. The first kappa shape index (κ1) is 16.6. The largest absolute Gasteiger partial charge is 0.383 e. The standard InChI is InChI=1S/C17H19F2N3O2/c1-11-14(12(2)22(21-11)13-7-4-3-5-8-13)20-15(23)17(18,19)16(24)9-6-10-16/h3-5,7-8,24H,6,9-10H2,1-2H3,(H,20,23). The van der Waals surface area contributed by atoms with Crippen LogP contribution in [-0.4, -0.2) is 32.3 Å². The van der Waals surface area contributed by atoms with E-state index in [1.807, 2.05) is 30.3 Å². The van der Waals surface area contributed by atoms with Crippen LogP contribution in [0.4, 0.5) is 14.5 Å². The van der Waals surface area contributed by atoms with Crippen LogP contribution in [0.5, 0.6) is 0 Å². The summed E-state index contributed by atoms with van der Waals surface area (Å²) in [5.41, 5.74) is -0.257. The van der Waals surface area contributed by atoms with Gasteiger partial charge in [-0.2, -0.15) is 13.9 Å². The minimum Gasteiger partial charge on any atom is -0.383 e. The summed E-state index contributed by atoms with van der Waals surface area (Å²) in [7, 11) is 0. The van der Waals surface area contributed by atoms with Gasteiger partial charge in [0.15, 0.2) is 0 Å². The fraction of sp³-hybridized carbons (Fsp3) is 0.412. The third-order valence-corrected chi connectivity index (χ3v) is 4.58. The Bertz CT molecular complexity index is 768. The quantitative estimate of drug-likeness (QED) is 0.903. The molecule has 7 heteroatoms. The highest BCUT2D eigenvalue weighted by Crippen LogP contribution is 2.44. The summed E-state index contributed by atoms with van der Waals surface area (Å²) in [5, 5.41) is 16.4. The number of aliphatic hydroxyl groups is 1. The molecular formula is C17H19F2N3O2. The lowest BCUT2D eigenvalue weighted by Crippen LogP contribution is -2.59. The monoisotopic (exact) mass is 335 g/mol. The Balaban J connectivity index is 1.88. The molecule has 0 aliphatic heterocycles. The molecule has 1 saturated carbocycles. The average molecular weight is 335 g/mol. The van der Waals surface area contributed by atoms with Crippen LogP contribution in [0.25, 0.3) is 5.69 Å². The van der Waals surface area contributed by atoms with Gasteiger partial charge in [0.05, 0.1) is 22.8 Å². The Hall–Kier alpha value is -2.28. The zero-order valence-corrected chi connectivity index (χ0v) is 13.5. The van der Waals surface area contributed by atoms with Crippen LogP contribution in [-0.2, 0) is 4.79 Å². The van der Waals surface area contributed by atoms with Gasteiger partial charge in [0.25, 0.3) is 5.91 Å². The summed E-state index contributed by atoms with van der Waals surface area (Å²) in [6.07, 6.45) is 0.340. The van der Waals surface area contributed by atoms with E-state index >= 15 is 0 Å². The molecule has 0 radical (unpaired) electrons. The molecular weight excluding hydrogens is 316 g/mol. The summed E-state index contributed by atoms with van der Waals surface area (Å²) in [5.74, 6) is -5.33. The Kier molecular flexibility index (Phi) is 3.91. The minimum absolute atomic E-state index is 0.0747. The van der Waals surface area contributed by atoms with Gasteiger partial charge in [0, 0.05) is 0 Å².